The van der Waals surface area contributed by atoms with Crippen molar-refractivity contribution in [2.24, 2.45) is 4.99 Å². The highest BCUT2D eigenvalue weighted by atomic mass is 16.3. The van der Waals surface area contributed by atoms with Gasteiger partial charge in [0.05, 0.1) is 13.2 Å². The highest BCUT2D eigenvalue weighted by Gasteiger charge is 2.04. The van der Waals surface area contributed by atoms with Crippen molar-refractivity contribution >= 4 is 18.0 Å². The first-order valence-corrected chi connectivity index (χ1v) is 6.82. The second kappa shape index (κ2) is 8.05. The van der Waals surface area contributed by atoms with Crippen molar-refractivity contribution in [2.45, 2.75) is 0 Å². The van der Waals surface area contributed by atoms with E-state index in [0.717, 1.165) is 16.9 Å². The number of aliphatic hydroxyl groups is 2. The maximum Gasteiger partial charge on any atom is 0.113 e. The molecule has 108 valence electrons. The normalized spacial score (nSPS) is 13.0. The summed E-state index contributed by atoms with van der Waals surface area (Å²) in [5, 5.41) is 18.1. The number of rotatable bonds is 7. The zero-order chi connectivity index (χ0) is 14.9. The lowest BCUT2D eigenvalue weighted by Crippen LogP contribution is -2.29. The minimum atomic E-state index is 0.0632. The lowest BCUT2D eigenvalue weighted by atomic mass is 10.1. The first-order chi connectivity index (χ1) is 10.3. The molecule has 1 aliphatic rings. The van der Waals surface area contributed by atoms with Crippen LogP contribution in [0.1, 0.15) is 5.56 Å². The van der Waals surface area contributed by atoms with Crippen molar-refractivity contribution in [1.29, 1.82) is 0 Å². The van der Waals surface area contributed by atoms with Gasteiger partial charge in [-0.1, -0.05) is 23.9 Å². The number of aliphatic hydroxyl groups excluding tert-OH is 2. The molecule has 1 aromatic carbocycles. The zero-order valence-electron chi connectivity index (χ0n) is 11.7. The second-order valence-electron chi connectivity index (χ2n) is 4.46. The summed E-state index contributed by atoms with van der Waals surface area (Å²) < 4.78 is 0. The third-order valence-electron chi connectivity index (χ3n) is 3.00. The number of anilines is 1. The Kier molecular flexibility index (Phi) is 5.77. The summed E-state index contributed by atoms with van der Waals surface area (Å²) in [7, 11) is 0. The molecule has 2 rings (SSSR count). The van der Waals surface area contributed by atoms with Gasteiger partial charge >= 0.3 is 0 Å². The lowest BCUT2D eigenvalue weighted by molar-refractivity contribution is 0.281. The van der Waals surface area contributed by atoms with Gasteiger partial charge in [-0.2, -0.15) is 0 Å². The smallest absolute Gasteiger partial charge is 0.113 e. The van der Waals surface area contributed by atoms with E-state index < -0.39 is 0 Å². The van der Waals surface area contributed by atoms with Crippen LogP contribution in [-0.2, 0) is 0 Å². The molecule has 4 heteroatoms. The molecule has 0 saturated heterocycles. The van der Waals surface area contributed by atoms with Crippen molar-refractivity contribution in [2.75, 3.05) is 31.2 Å². The number of aliphatic imine (C=N–C) groups is 1. The Morgan fingerprint density at radius 3 is 2.33 bits per heavy atom. The third kappa shape index (κ3) is 4.60. The summed E-state index contributed by atoms with van der Waals surface area (Å²) in [6.07, 6.45) is 7.23. The number of hydrogen-bond acceptors (Lipinski definition) is 4. The molecule has 0 amide bonds. The van der Waals surface area contributed by atoms with Gasteiger partial charge in [-0.25, -0.2) is 4.99 Å². The van der Waals surface area contributed by atoms with E-state index in [1.807, 2.05) is 41.3 Å². The molecule has 0 atom stereocenters. The summed E-state index contributed by atoms with van der Waals surface area (Å²) >= 11 is 0. The highest BCUT2D eigenvalue weighted by molar-refractivity contribution is 5.73. The molecule has 0 saturated carbocycles. The van der Waals surface area contributed by atoms with E-state index in [4.69, 9.17) is 10.2 Å². The molecule has 0 unspecified atom stereocenters. The molecule has 4 nitrogen and oxygen atoms in total. The van der Waals surface area contributed by atoms with Crippen LogP contribution in [0, 0.1) is 0 Å². The average Bonchev–Trinajstić information content (AvgIpc) is 2.54. The van der Waals surface area contributed by atoms with Crippen molar-refractivity contribution < 1.29 is 10.2 Å². The largest absolute Gasteiger partial charge is 0.395 e. The van der Waals surface area contributed by atoms with Gasteiger partial charge in [0, 0.05) is 31.1 Å². The SMILES string of the molecule is OCCN(CCO)c1ccc(/C=C/C2=C=C=CC=N2)cc1. The fraction of sp³-hybridized carbons (Fsp3) is 0.235. The Hall–Kier alpha value is -2.35. The summed E-state index contributed by atoms with van der Waals surface area (Å²) in [5.41, 5.74) is 8.54. The zero-order valence-corrected chi connectivity index (χ0v) is 11.7. The number of hydrogen-bond donors (Lipinski definition) is 2. The van der Waals surface area contributed by atoms with Crippen molar-refractivity contribution in [3.63, 3.8) is 0 Å². The van der Waals surface area contributed by atoms with Crippen molar-refractivity contribution in [3.05, 3.63) is 59.1 Å². The number of nitrogens with zero attached hydrogens (tertiary/aromatic N) is 2. The summed E-state index contributed by atoms with van der Waals surface area (Å²) in [6, 6.07) is 7.92. The molecule has 0 aliphatic carbocycles. The van der Waals surface area contributed by atoms with E-state index in [0.29, 0.717) is 13.1 Å². The maximum absolute atomic E-state index is 9.04. The Balaban J connectivity index is 2.07. The van der Waals surface area contributed by atoms with E-state index >= 15 is 0 Å². The van der Waals surface area contributed by atoms with Crippen LogP contribution in [0.5, 0.6) is 0 Å². The first-order valence-electron chi connectivity index (χ1n) is 6.82. The van der Waals surface area contributed by atoms with Crippen LogP contribution < -0.4 is 4.90 Å². The predicted octanol–water partition coefficient (Wildman–Crippen LogP) is 1.77. The monoisotopic (exact) mass is 282 g/mol. The van der Waals surface area contributed by atoms with Gasteiger partial charge in [0.15, 0.2) is 0 Å². The van der Waals surface area contributed by atoms with E-state index in [2.05, 4.69) is 16.5 Å². The fourth-order valence-corrected chi connectivity index (χ4v) is 1.97. The topological polar surface area (TPSA) is 56.1 Å². The van der Waals surface area contributed by atoms with Gasteiger partial charge in [-0.3, -0.25) is 0 Å². The standard InChI is InChI=1S/C17H18N2O2/c20-13-11-19(12-14-21)17-8-5-15(6-9-17)4-7-16-3-1-2-10-18-16/h2,4-10,20-21H,11-14H2/b7-4+. The molecule has 0 fully saturated rings. The second-order valence-corrected chi connectivity index (χ2v) is 4.46. The van der Waals surface area contributed by atoms with Crippen LogP contribution in [-0.4, -0.2) is 42.7 Å². The summed E-state index contributed by atoms with van der Waals surface area (Å²) in [4.78, 5) is 6.09. The van der Waals surface area contributed by atoms with E-state index in [1.165, 1.54) is 0 Å². The molecule has 0 aromatic heterocycles. The molecule has 0 spiro atoms. The molecule has 0 bridgehead atoms. The highest BCUT2D eigenvalue weighted by Crippen LogP contribution is 2.16. The fourth-order valence-electron chi connectivity index (χ4n) is 1.97. The molecule has 2 N–H and O–H groups in total. The van der Waals surface area contributed by atoms with Gasteiger partial charge in [0.1, 0.15) is 5.70 Å². The molecular formula is C17H18N2O2. The molecule has 0 radical (unpaired) electrons. The van der Waals surface area contributed by atoms with Gasteiger partial charge in [-0.15, -0.1) is 0 Å². The van der Waals surface area contributed by atoms with Crippen LogP contribution >= 0.6 is 0 Å². The van der Waals surface area contributed by atoms with Crippen molar-refractivity contribution in [1.82, 2.24) is 0 Å². The van der Waals surface area contributed by atoms with Crippen LogP contribution in [0.4, 0.5) is 5.69 Å². The Labute approximate surface area is 124 Å². The van der Waals surface area contributed by atoms with E-state index in [-0.39, 0.29) is 13.2 Å². The minimum Gasteiger partial charge on any atom is -0.395 e. The maximum atomic E-state index is 9.04. The lowest BCUT2D eigenvalue weighted by Gasteiger charge is -2.22. The predicted molar refractivity (Wildman–Crippen MR) is 85.5 cm³/mol. The quantitative estimate of drug-likeness (QED) is 0.749. The Morgan fingerprint density at radius 1 is 1.05 bits per heavy atom. The van der Waals surface area contributed by atoms with E-state index in [1.54, 1.807) is 12.3 Å². The molecule has 1 heterocycles. The molecule has 1 aliphatic heterocycles. The van der Waals surface area contributed by atoms with Crippen LogP contribution in [0.15, 0.2) is 58.6 Å². The Morgan fingerprint density at radius 2 is 1.76 bits per heavy atom. The van der Waals surface area contributed by atoms with Crippen LogP contribution in [0.2, 0.25) is 0 Å². The van der Waals surface area contributed by atoms with Gasteiger partial charge in [0.25, 0.3) is 0 Å². The summed E-state index contributed by atoms with van der Waals surface area (Å²) in [5.74, 6) is 0. The average molecular weight is 282 g/mol. The van der Waals surface area contributed by atoms with Crippen molar-refractivity contribution in [3.8, 4) is 0 Å². The van der Waals surface area contributed by atoms with Gasteiger partial charge in [0.2, 0.25) is 0 Å². The summed E-state index contributed by atoms with van der Waals surface area (Å²) in [6.45, 7) is 1.14. The Bertz CT molecular complexity index is 611. The van der Waals surface area contributed by atoms with E-state index in [9.17, 15) is 0 Å². The number of allylic oxidation sites excluding steroid dienone is 2. The first kappa shape index (κ1) is 15.0. The van der Waals surface area contributed by atoms with Crippen LogP contribution in [0.3, 0.4) is 0 Å². The van der Waals surface area contributed by atoms with Gasteiger partial charge in [-0.05, 0) is 29.5 Å². The number of benzene rings is 1. The minimum absolute atomic E-state index is 0.0632. The molecule has 21 heavy (non-hydrogen) atoms. The molecule has 1 aromatic rings. The molecular weight excluding hydrogens is 264 g/mol. The van der Waals surface area contributed by atoms with Gasteiger partial charge < -0.3 is 15.1 Å². The third-order valence-corrected chi connectivity index (χ3v) is 3.00. The van der Waals surface area contributed by atoms with Crippen LogP contribution in [0.25, 0.3) is 6.08 Å².